The molecule has 8 aromatic carbocycles. The second-order valence-corrected chi connectivity index (χ2v) is 30.1. The molecule has 20 rings (SSSR count). The zero-order chi connectivity index (χ0) is 88.3. The van der Waals surface area contributed by atoms with Crippen LogP contribution in [0.3, 0.4) is 0 Å². The first-order valence-corrected chi connectivity index (χ1v) is 40.7. The monoisotopic (exact) mass is 1700 g/mol. The lowest BCUT2D eigenvalue weighted by Gasteiger charge is -2.24. The number of para-hydroxylation sites is 1. The van der Waals surface area contributed by atoms with Gasteiger partial charge in [-0.15, -0.1) is 0 Å². The molecule has 4 atom stereocenters. The molecule has 634 valence electrons. The van der Waals surface area contributed by atoms with E-state index >= 15 is 0 Å². The number of H-pyrrole nitrogens is 4. The number of imidazole rings is 4. The van der Waals surface area contributed by atoms with Gasteiger partial charge in [0.05, 0.1) is 77.0 Å². The Hall–Kier alpha value is -16.4. The van der Waals surface area contributed by atoms with Crippen molar-refractivity contribution in [3.63, 3.8) is 0 Å². The third-order valence-corrected chi connectivity index (χ3v) is 22.0. The molecule has 8 N–H and O–H groups in total. The summed E-state index contributed by atoms with van der Waals surface area (Å²) in [7, 11) is 0. The average Bonchev–Trinajstić information content (AvgIpc) is 0.884. The van der Waals surface area contributed by atoms with E-state index < -0.39 is 35.4 Å². The van der Waals surface area contributed by atoms with Crippen molar-refractivity contribution in [1.82, 2.24) is 98.0 Å². The first-order valence-electron chi connectivity index (χ1n) is 40.7. The molecule has 12 aromatic heterocycles. The van der Waals surface area contributed by atoms with Crippen molar-refractivity contribution in [3.05, 3.63) is 355 Å². The third kappa shape index (κ3) is 16.6. The number of halogens is 5. The first kappa shape index (κ1) is 82.9. The van der Waals surface area contributed by atoms with E-state index in [2.05, 4.69) is 114 Å². The van der Waals surface area contributed by atoms with E-state index in [1.54, 1.807) is 33.9 Å². The molecule has 0 aliphatic heterocycles. The van der Waals surface area contributed by atoms with Crippen molar-refractivity contribution in [2.24, 2.45) is 0 Å². The average molecular weight is 1700 g/mol. The molecule has 0 fully saturated rings. The zero-order valence-corrected chi connectivity index (χ0v) is 69.2. The summed E-state index contributed by atoms with van der Waals surface area (Å²) < 4.78 is 76.2. The largest absolute Gasteiger partial charge is 0.360 e. The molecule has 4 unspecified atom stereocenters. The van der Waals surface area contributed by atoms with Crippen LogP contribution in [0.25, 0.3) is 110 Å². The lowest BCUT2D eigenvalue weighted by molar-refractivity contribution is 0.579. The Morgan fingerprint density at radius 1 is 0.307 bits per heavy atom. The van der Waals surface area contributed by atoms with Gasteiger partial charge in [0.15, 0.2) is 45.9 Å². The van der Waals surface area contributed by atoms with Gasteiger partial charge in [0.2, 0.25) is 0 Å². The van der Waals surface area contributed by atoms with E-state index in [0.717, 1.165) is 104 Å². The number of fused-ring (bicyclic) bond motifs is 8. The summed E-state index contributed by atoms with van der Waals surface area (Å²) in [4.78, 5) is 117. The van der Waals surface area contributed by atoms with Crippen LogP contribution in [0.1, 0.15) is 111 Å². The second kappa shape index (κ2) is 35.6. The van der Waals surface area contributed by atoms with Crippen molar-refractivity contribution in [1.29, 1.82) is 0 Å². The molecule has 0 saturated heterocycles. The zero-order valence-electron chi connectivity index (χ0n) is 69.2. The van der Waals surface area contributed by atoms with Gasteiger partial charge in [0, 0.05) is 51.7 Å². The van der Waals surface area contributed by atoms with Crippen molar-refractivity contribution in [2.75, 3.05) is 21.3 Å². The number of nitrogens with one attached hydrogen (secondary N) is 8. The highest BCUT2D eigenvalue weighted by Gasteiger charge is 2.27. The molecule has 12 heterocycles. The molecule has 0 bridgehead atoms. The van der Waals surface area contributed by atoms with Crippen LogP contribution in [0.4, 0.5) is 45.2 Å². The van der Waals surface area contributed by atoms with Crippen LogP contribution < -0.4 is 43.5 Å². The minimum absolute atomic E-state index is 0.0380. The minimum Gasteiger partial charge on any atom is -0.360 e. The number of benzene rings is 8. The summed E-state index contributed by atoms with van der Waals surface area (Å²) >= 11 is 0. The van der Waals surface area contributed by atoms with Gasteiger partial charge in [0.1, 0.15) is 76.5 Å². The Kier molecular flexibility index (Phi) is 23.3. The minimum atomic E-state index is -0.765. The summed E-state index contributed by atoms with van der Waals surface area (Å²) in [6.45, 7) is 13.5. The fraction of sp³-hybridized carbons (Fsp3) is 0.149. The van der Waals surface area contributed by atoms with E-state index in [4.69, 9.17) is 0 Å². The summed E-state index contributed by atoms with van der Waals surface area (Å²) in [5.74, 6) is -1.14. The van der Waals surface area contributed by atoms with Crippen LogP contribution in [0.2, 0.25) is 0 Å². The number of rotatable bonds is 19. The van der Waals surface area contributed by atoms with Crippen LogP contribution >= 0.6 is 0 Å². The maximum absolute atomic E-state index is 14.1. The molecule has 0 radical (unpaired) electrons. The molecule has 20 aromatic rings. The number of aromatic amines is 4. The van der Waals surface area contributed by atoms with E-state index in [-0.39, 0.29) is 51.5 Å². The molecular formula is C94H79F5N24O4. The van der Waals surface area contributed by atoms with Gasteiger partial charge in [-0.2, -0.15) is 0 Å². The van der Waals surface area contributed by atoms with Gasteiger partial charge >= 0.3 is 0 Å². The third-order valence-electron chi connectivity index (χ3n) is 22.0. The second-order valence-electron chi connectivity index (χ2n) is 30.1. The van der Waals surface area contributed by atoms with Crippen molar-refractivity contribution in [2.45, 2.75) is 91.9 Å². The molecular weight excluding hydrogens is 1620 g/mol. The molecule has 0 aliphatic rings. The molecule has 0 aliphatic carbocycles. The highest BCUT2D eigenvalue weighted by atomic mass is 19.1. The molecule has 28 nitrogen and oxygen atoms in total. The SMILES string of the molecule is CCC(Nc1ncnc2nc[nH]c12)c1cc2cccc(C)c2c(=O)n1-c1cc(F)cc(F)c1.CCC(Nc1ncnc2nc[nH]c12)c1cc2cccc(C)c2c(=O)n1-c1ccc(F)cc1.CCC(Nc1ncnc2nc[nH]c12)c1cc2ccccc2c(=O)n1-c1ccccc1.Cc1cccc2cc(C(C)Nc3ncnc4nc[nH]c34)n(-c3cc(F)cc(F)c3)c(=O)c12. The first-order chi connectivity index (χ1) is 61.7. The van der Waals surface area contributed by atoms with E-state index in [0.29, 0.717) is 114 Å². The van der Waals surface area contributed by atoms with E-state index in [1.807, 2.05) is 169 Å². The van der Waals surface area contributed by atoms with Gasteiger partial charge in [0.25, 0.3) is 22.2 Å². The maximum atomic E-state index is 14.1. The number of hydrogen-bond donors (Lipinski definition) is 8. The Bertz CT molecular complexity index is 7770. The van der Waals surface area contributed by atoms with Gasteiger partial charge in [-0.3, -0.25) is 37.4 Å². The standard InChI is InChI=1S/C24H20F2N6O.C24H21FN6O.C23H18F2N6O.C23H20N6O/c1-3-18(31-23-21-22(28-11-27-21)29-12-30-23)19-7-14-6-4-5-13(2)20(14)24(33)32(19)17-9-15(25)8-16(26)10-17;1-3-18(30-23-21-22(27-12-26-21)28-13-29-23)19-11-15-6-4-5-14(2)20(15)24(32)31(19)17-9-7-16(25)8-10-17;1-12-4-3-5-14-6-18(13(2)30-22-20-21(27-10-26-20)28-11-29-22)31(23(32)19(12)14)17-8-15(24)7-16(25)9-17;1-2-18(28-22-20-21(25-13-24-20)26-14-27-22)19-12-15-8-6-7-11-17(15)23(30)29(19)16-9-4-3-5-10-16/h4-12,18H,3H2,1-2H3,(H2,27,28,29,30,31);4-13,18H,3H2,1-2H3,(H2,26,27,28,29,30);3-11,13H,1-2H3,(H2,26,27,28,29,30);3-14,18H,2H2,1H3,(H2,24,25,26,27,28). The highest BCUT2D eigenvalue weighted by Crippen LogP contribution is 2.35. The van der Waals surface area contributed by atoms with Crippen LogP contribution in [0, 0.1) is 49.9 Å². The summed E-state index contributed by atoms with van der Waals surface area (Å²) in [5.41, 5.74) is 10.8. The van der Waals surface area contributed by atoms with Crippen LogP contribution in [0.5, 0.6) is 0 Å². The number of hydrogen-bond acceptors (Lipinski definition) is 20. The maximum Gasteiger partial charge on any atom is 0.263 e. The Morgan fingerprint density at radius 3 is 1.01 bits per heavy atom. The quantitative estimate of drug-likeness (QED) is 0.0349. The van der Waals surface area contributed by atoms with Crippen molar-refractivity contribution < 1.29 is 22.0 Å². The fourth-order valence-electron chi connectivity index (χ4n) is 16.0. The normalized spacial score (nSPS) is 12.3. The van der Waals surface area contributed by atoms with Crippen LogP contribution in [0.15, 0.2) is 264 Å². The lowest BCUT2D eigenvalue weighted by Crippen LogP contribution is -2.27. The van der Waals surface area contributed by atoms with Gasteiger partial charge in [-0.1, -0.05) is 112 Å². The van der Waals surface area contributed by atoms with Gasteiger partial charge in [-0.25, -0.2) is 81.8 Å². The van der Waals surface area contributed by atoms with Gasteiger partial charge in [-0.05, 0) is 176 Å². The van der Waals surface area contributed by atoms with Crippen molar-refractivity contribution in [3.8, 4) is 22.7 Å². The number of pyridine rings is 4. The summed E-state index contributed by atoms with van der Waals surface area (Å²) in [5, 5.41) is 19.1. The Morgan fingerprint density at radius 2 is 0.622 bits per heavy atom. The summed E-state index contributed by atoms with van der Waals surface area (Å²) in [6.07, 6.45) is 13.9. The number of nitrogens with zero attached hydrogens (tertiary/aromatic N) is 16. The fourth-order valence-corrected chi connectivity index (χ4v) is 16.0. The molecule has 0 saturated carbocycles. The molecule has 0 amide bonds. The number of aryl methyl sites for hydroxylation is 3. The lowest BCUT2D eigenvalue weighted by atomic mass is 10.0. The molecule has 0 spiro atoms. The van der Waals surface area contributed by atoms with Gasteiger partial charge < -0.3 is 41.2 Å². The van der Waals surface area contributed by atoms with E-state index in [9.17, 15) is 41.1 Å². The topological polar surface area (TPSA) is 354 Å². The van der Waals surface area contributed by atoms with Crippen molar-refractivity contribution >= 4 is 111 Å². The van der Waals surface area contributed by atoms with Crippen LogP contribution in [-0.2, 0) is 0 Å². The predicted octanol–water partition coefficient (Wildman–Crippen LogP) is 18.1. The molecule has 33 heteroatoms. The molecule has 127 heavy (non-hydrogen) atoms. The van der Waals surface area contributed by atoms with Crippen LogP contribution in [-0.4, -0.2) is 98.0 Å². The Labute approximate surface area is 718 Å². The highest BCUT2D eigenvalue weighted by molar-refractivity contribution is 5.90. The smallest absolute Gasteiger partial charge is 0.263 e. The van der Waals surface area contributed by atoms with E-state index in [1.165, 1.54) is 59.2 Å². The number of aromatic nitrogens is 20. The predicted molar refractivity (Wildman–Crippen MR) is 481 cm³/mol. The number of anilines is 4. The Balaban J connectivity index is 0.000000119. The summed E-state index contributed by atoms with van der Waals surface area (Å²) in [6, 6.07) is 53.0.